The normalized spacial score (nSPS) is 28.2. The van der Waals surface area contributed by atoms with Crippen LogP contribution in [0.1, 0.15) is 53.7 Å². The number of aliphatic hydroxyl groups is 4. The molecule has 4 N–H and O–H groups in total. The van der Waals surface area contributed by atoms with Crippen molar-refractivity contribution in [1.29, 1.82) is 0 Å². The smallest absolute Gasteiger partial charge is 0.119 e. The van der Waals surface area contributed by atoms with Gasteiger partial charge in [0.2, 0.25) is 0 Å². The third-order valence-electron chi connectivity index (χ3n) is 6.43. The van der Waals surface area contributed by atoms with Gasteiger partial charge < -0.3 is 29.9 Å². The van der Waals surface area contributed by atoms with Gasteiger partial charge in [0.25, 0.3) is 0 Å². The molecular formula is C25H32O6. The maximum atomic E-state index is 10.6. The molecule has 0 saturated carbocycles. The first-order valence-electron chi connectivity index (χ1n) is 11.2. The fraction of sp³-hybridized carbons (Fsp3) is 0.520. The van der Waals surface area contributed by atoms with Crippen LogP contribution in [-0.2, 0) is 24.0 Å². The quantitative estimate of drug-likeness (QED) is 0.562. The SMILES string of the molecule is CCOc1ccc(Cc2cc([C@@H]3O[C@H](CO)[C@@H](O)[C@H](O)[C@H]3O)cc3c2CCCC3)cc1. The van der Waals surface area contributed by atoms with Gasteiger partial charge in [0, 0.05) is 0 Å². The first kappa shape index (κ1) is 22.2. The first-order chi connectivity index (χ1) is 15.0. The maximum absolute atomic E-state index is 10.6. The predicted octanol–water partition coefficient (Wildman–Crippen LogP) is 2.07. The standard InChI is InChI=1S/C25H32O6/c1-2-30-19-9-7-15(8-10-19)11-17-13-18(12-16-5-3-4-6-20(16)17)25-24(29)23(28)22(27)21(14-26)31-25/h7-10,12-13,21-29H,2-6,11,14H2,1H3/t21-,22-,23+,24-,25+/m1/s1. The molecule has 1 saturated heterocycles. The largest absolute Gasteiger partial charge is 0.494 e. The van der Waals surface area contributed by atoms with Crippen LogP contribution in [0.3, 0.4) is 0 Å². The van der Waals surface area contributed by atoms with E-state index in [1.54, 1.807) is 0 Å². The second kappa shape index (κ2) is 9.67. The molecule has 0 spiro atoms. The van der Waals surface area contributed by atoms with E-state index >= 15 is 0 Å². The number of aliphatic hydroxyl groups excluding tert-OH is 4. The summed E-state index contributed by atoms with van der Waals surface area (Å²) < 4.78 is 11.4. The van der Waals surface area contributed by atoms with E-state index in [-0.39, 0.29) is 0 Å². The molecule has 2 aromatic carbocycles. The maximum Gasteiger partial charge on any atom is 0.119 e. The molecule has 1 heterocycles. The molecule has 6 nitrogen and oxygen atoms in total. The lowest BCUT2D eigenvalue weighted by Gasteiger charge is -2.40. The van der Waals surface area contributed by atoms with Crippen LogP contribution in [0.5, 0.6) is 5.75 Å². The summed E-state index contributed by atoms with van der Waals surface area (Å²) in [6, 6.07) is 12.2. The average molecular weight is 429 g/mol. The van der Waals surface area contributed by atoms with Crippen LogP contribution in [0.25, 0.3) is 0 Å². The Morgan fingerprint density at radius 3 is 2.42 bits per heavy atom. The fourth-order valence-corrected chi connectivity index (χ4v) is 4.78. The van der Waals surface area contributed by atoms with E-state index in [9.17, 15) is 20.4 Å². The number of ether oxygens (including phenoxy) is 2. The van der Waals surface area contributed by atoms with Crippen molar-refractivity contribution >= 4 is 0 Å². The summed E-state index contributed by atoms with van der Waals surface area (Å²) >= 11 is 0. The molecular weight excluding hydrogens is 396 g/mol. The van der Waals surface area contributed by atoms with Gasteiger partial charge in [0.15, 0.2) is 0 Å². The Balaban J connectivity index is 1.67. The van der Waals surface area contributed by atoms with Crippen LogP contribution in [0, 0.1) is 0 Å². The number of hydrogen-bond donors (Lipinski definition) is 4. The van der Waals surface area contributed by atoms with Crippen LogP contribution < -0.4 is 4.74 Å². The van der Waals surface area contributed by atoms with E-state index < -0.39 is 37.1 Å². The Labute approximate surface area is 183 Å². The average Bonchev–Trinajstić information content (AvgIpc) is 2.79. The summed E-state index contributed by atoms with van der Waals surface area (Å²) in [6.07, 6.45) is -0.684. The van der Waals surface area contributed by atoms with Crippen LogP contribution in [0.4, 0.5) is 0 Å². The molecule has 0 amide bonds. The number of fused-ring (bicyclic) bond motifs is 1. The van der Waals surface area contributed by atoms with Gasteiger partial charge in [0.05, 0.1) is 13.2 Å². The van der Waals surface area contributed by atoms with E-state index in [0.717, 1.165) is 43.4 Å². The van der Waals surface area contributed by atoms with Gasteiger partial charge in [-0.05, 0) is 79.0 Å². The molecule has 0 radical (unpaired) electrons. The van der Waals surface area contributed by atoms with Crippen molar-refractivity contribution in [2.45, 2.75) is 69.5 Å². The Kier molecular flexibility index (Phi) is 6.94. The van der Waals surface area contributed by atoms with Crippen molar-refractivity contribution in [1.82, 2.24) is 0 Å². The van der Waals surface area contributed by atoms with E-state index in [1.807, 2.05) is 25.1 Å². The van der Waals surface area contributed by atoms with E-state index in [2.05, 4.69) is 18.2 Å². The number of rotatable bonds is 6. The second-order valence-corrected chi connectivity index (χ2v) is 8.53. The summed E-state index contributed by atoms with van der Waals surface area (Å²) in [5.41, 5.74) is 5.74. The van der Waals surface area contributed by atoms with Crippen LogP contribution in [-0.4, -0.2) is 58.1 Å². The Bertz CT molecular complexity index is 878. The number of aryl methyl sites for hydroxylation is 1. The number of hydrogen-bond acceptors (Lipinski definition) is 6. The van der Waals surface area contributed by atoms with Crippen LogP contribution in [0.15, 0.2) is 36.4 Å². The zero-order valence-corrected chi connectivity index (χ0v) is 17.9. The third kappa shape index (κ3) is 4.64. The summed E-state index contributed by atoms with van der Waals surface area (Å²) in [7, 11) is 0. The molecule has 5 atom stereocenters. The Hall–Kier alpha value is -1.96. The Morgan fingerprint density at radius 2 is 1.71 bits per heavy atom. The predicted molar refractivity (Wildman–Crippen MR) is 116 cm³/mol. The van der Waals surface area contributed by atoms with Crippen molar-refractivity contribution in [2.24, 2.45) is 0 Å². The van der Waals surface area contributed by atoms with E-state index in [0.29, 0.717) is 6.61 Å². The summed E-state index contributed by atoms with van der Waals surface area (Å²) in [6.45, 7) is 2.17. The van der Waals surface area contributed by atoms with Crippen molar-refractivity contribution in [2.75, 3.05) is 13.2 Å². The molecule has 0 bridgehead atoms. The molecule has 0 unspecified atom stereocenters. The molecule has 4 rings (SSSR count). The molecule has 1 fully saturated rings. The molecule has 168 valence electrons. The highest BCUT2D eigenvalue weighted by molar-refractivity contribution is 5.45. The van der Waals surface area contributed by atoms with Crippen molar-refractivity contribution in [3.63, 3.8) is 0 Å². The van der Waals surface area contributed by atoms with Gasteiger partial charge in [-0.15, -0.1) is 0 Å². The van der Waals surface area contributed by atoms with E-state index in [1.165, 1.54) is 22.3 Å². The minimum Gasteiger partial charge on any atom is -0.494 e. The third-order valence-corrected chi connectivity index (χ3v) is 6.43. The lowest BCUT2D eigenvalue weighted by Crippen LogP contribution is -2.55. The van der Waals surface area contributed by atoms with Crippen LogP contribution in [0.2, 0.25) is 0 Å². The number of benzene rings is 2. The van der Waals surface area contributed by atoms with Gasteiger partial charge in [-0.25, -0.2) is 0 Å². The minimum atomic E-state index is -1.37. The fourth-order valence-electron chi connectivity index (χ4n) is 4.78. The molecule has 6 heteroatoms. The van der Waals surface area contributed by atoms with E-state index in [4.69, 9.17) is 9.47 Å². The highest BCUT2D eigenvalue weighted by Gasteiger charge is 2.44. The minimum absolute atomic E-state index is 0.425. The van der Waals surface area contributed by atoms with Crippen molar-refractivity contribution in [3.05, 3.63) is 64.2 Å². The topological polar surface area (TPSA) is 99.4 Å². The van der Waals surface area contributed by atoms with Gasteiger partial charge in [0.1, 0.15) is 36.3 Å². The molecule has 2 aromatic rings. The Morgan fingerprint density at radius 1 is 0.968 bits per heavy atom. The zero-order chi connectivity index (χ0) is 22.0. The van der Waals surface area contributed by atoms with Gasteiger partial charge >= 0.3 is 0 Å². The van der Waals surface area contributed by atoms with Crippen LogP contribution >= 0.6 is 0 Å². The molecule has 31 heavy (non-hydrogen) atoms. The highest BCUT2D eigenvalue weighted by Crippen LogP contribution is 2.36. The molecule has 1 aliphatic heterocycles. The van der Waals surface area contributed by atoms with Gasteiger partial charge in [-0.2, -0.15) is 0 Å². The lowest BCUT2D eigenvalue weighted by atomic mass is 9.82. The lowest BCUT2D eigenvalue weighted by molar-refractivity contribution is -0.231. The van der Waals surface area contributed by atoms with Gasteiger partial charge in [-0.1, -0.05) is 24.3 Å². The van der Waals surface area contributed by atoms with Crippen molar-refractivity contribution in [3.8, 4) is 5.75 Å². The molecule has 0 aromatic heterocycles. The zero-order valence-electron chi connectivity index (χ0n) is 17.9. The molecule has 2 aliphatic rings. The first-order valence-corrected chi connectivity index (χ1v) is 11.2. The summed E-state index contributed by atoms with van der Waals surface area (Å²) in [4.78, 5) is 0. The molecule has 1 aliphatic carbocycles. The van der Waals surface area contributed by atoms with Crippen molar-refractivity contribution < 1.29 is 29.9 Å². The summed E-state index contributed by atoms with van der Waals surface area (Å²) in [5.74, 6) is 0.850. The highest BCUT2D eigenvalue weighted by atomic mass is 16.5. The van der Waals surface area contributed by atoms with Gasteiger partial charge in [-0.3, -0.25) is 0 Å². The monoisotopic (exact) mass is 428 g/mol. The summed E-state index contributed by atoms with van der Waals surface area (Å²) in [5, 5.41) is 40.5. The second-order valence-electron chi connectivity index (χ2n) is 8.53.